The molecule has 1 aromatic carbocycles. The second-order valence-electron chi connectivity index (χ2n) is 5.16. The average Bonchev–Trinajstić information content (AvgIpc) is 2.88. The summed E-state index contributed by atoms with van der Waals surface area (Å²) in [4.78, 5) is 4.60. The van der Waals surface area contributed by atoms with Crippen LogP contribution in [0.3, 0.4) is 0 Å². The third kappa shape index (κ3) is 2.58. The Bertz CT molecular complexity index is 682. The van der Waals surface area contributed by atoms with E-state index in [2.05, 4.69) is 59.0 Å². The molecule has 0 saturated carbocycles. The molecule has 3 aromatic rings. The van der Waals surface area contributed by atoms with Crippen molar-refractivity contribution in [2.45, 2.75) is 26.4 Å². The molecule has 3 rings (SSSR count). The van der Waals surface area contributed by atoms with Crippen LogP contribution in [0, 0.1) is 6.92 Å². The van der Waals surface area contributed by atoms with Gasteiger partial charge in [-0.3, -0.25) is 0 Å². The predicted octanol–water partition coefficient (Wildman–Crippen LogP) is 3.49. The zero-order valence-corrected chi connectivity index (χ0v) is 11.9. The monoisotopic (exact) mass is 265 g/mol. The van der Waals surface area contributed by atoms with Crippen molar-refractivity contribution in [2.24, 2.45) is 0 Å². The summed E-state index contributed by atoms with van der Waals surface area (Å²) in [6, 6.07) is 14.9. The Morgan fingerprint density at radius 3 is 2.75 bits per heavy atom. The van der Waals surface area contributed by atoms with Crippen molar-refractivity contribution < 1.29 is 0 Å². The Kier molecular flexibility index (Phi) is 3.52. The molecule has 20 heavy (non-hydrogen) atoms. The van der Waals surface area contributed by atoms with Crippen molar-refractivity contribution in [3.05, 3.63) is 71.7 Å². The fourth-order valence-electron chi connectivity index (χ4n) is 2.51. The molecule has 0 radical (unpaired) electrons. The van der Waals surface area contributed by atoms with Crippen LogP contribution in [0.1, 0.15) is 29.8 Å². The van der Waals surface area contributed by atoms with E-state index < -0.39 is 0 Å². The molecule has 0 amide bonds. The highest BCUT2D eigenvalue weighted by molar-refractivity contribution is 5.39. The van der Waals surface area contributed by atoms with Gasteiger partial charge in [0.1, 0.15) is 5.65 Å². The smallest absolute Gasteiger partial charge is 0.137 e. The molecule has 0 unspecified atom stereocenters. The highest BCUT2D eigenvalue weighted by atomic mass is 15.0. The largest absolute Gasteiger partial charge is 0.307 e. The number of aromatic nitrogens is 2. The Hall–Kier alpha value is -2.13. The quantitative estimate of drug-likeness (QED) is 0.782. The van der Waals surface area contributed by atoms with E-state index in [9.17, 15) is 0 Å². The van der Waals surface area contributed by atoms with E-state index in [0.29, 0.717) is 6.04 Å². The number of aryl methyl sites for hydroxylation is 1. The molecule has 0 fully saturated rings. The maximum Gasteiger partial charge on any atom is 0.137 e. The summed E-state index contributed by atoms with van der Waals surface area (Å²) in [7, 11) is 0. The number of nitrogens with one attached hydrogen (secondary N) is 1. The second kappa shape index (κ2) is 5.47. The Morgan fingerprint density at radius 1 is 1.15 bits per heavy atom. The minimum Gasteiger partial charge on any atom is -0.307 e. The van der Waals surface area contributed by atoms with Gasteiger partial charge in [-0.15, -0.1) is 0 Å². The highest BCUT2D eigenvalue weighted by Gasteiger charge is 2.08. The lowest BCUT2D eigenvalue weighted by Crippen LogP contribution is -2.19. The van der Waals surface area contributed by atoms with E-state index in [4.69, 9.17) is 0 Å². The summed E-state index contributed by atoms with van der Waals surface area (Å²) < 4.78 is 2.05. The summed E-state index contributed by atoms with van der Waals surface area (Å²) in [6.45, 7) is 5.12. The van der Waals surface area contributed by atoms with Crippen molar-refractivity contribution >= 4 is 5.65 Å². The van der Waals surface area contributed by atoms with E-state index >= 15 is 0 Å². The molecule has 0 aliphatic carbocycles. The molecule has 0 bridgehead atoms. The SMILES string of the molecule is Cc1ccccc1[C@@H](C)NCc1cn2ccccc2n1. The number of hydrogen-bond acceptors (Lipinski definition) is 2. The van der Waals surface area contributed by atoms with E-state index in [1.165, 1.54) is 11.1 Å². The van der Waals surface area contributed by atoms with Crippen LogP contribution in [0.15, 0.2) is 54.9 Å². The number of benzene rings is 1. The van der Waals surface area contributed by atoms with Crippen molar-refractivity contribution in [1.29, 1.82) is 0 Å². The van der Waals surface area contributed by atoms with Crippen molar-refractivity contribution in [2.75, 3.05) is 0 Å². The lowest BCUT2D eigenvalue weighted by atomic mass is 10.0. The normalized spacial score (nSPS) is 12.7. The number of imidazole rings is 1. The van der Waals surface area contributed by atoms with Gasteiger partial charge < -0.3 is 9.72 Å². The third-order valence-corrected chi connectivity index (χ3v) is 3.66. The zero-order chi connectivity index (χ0) is 13.9. The van der Waals surface area contributed by atoms with Crippen molar-refractivity contribution in [1.82, 2.24) is 14.7 Å². The lowest BCUT2D eigenvalue weighted by molar-refractivity contribution is 0.567. The molecule has 0 aliphatic heterocycles. The van der Waals surface area contributed by atoms with Crippen LogP contribution >= 0.6 is 0 Å². The first-order valence-corrected chi connectivity index (χ1v) is 6.95. The molecule has 0 spiro atoms. The van der Waals surface area contributed by atoms with Crippen molar-refractivity contribution in [3.8, 4) is 0 Å². The van der Waals surface area contributed by atoms with Gasteiger partial charge in [-0.1, -0.05) is 30.3 Å². The minimum atomic E-state index is 0.320. The predicted molar refractivity (Wildman–Crippen MR) is 81.6 cm³/mol. The molecular formula is C17H19N3. The average molecular weight is 265 g/mol. The number of pyridine rings is 1. The topological polar surface area (TPSA) is 29.3 Å². The van der Waals surface area contributed by atoms with Crippen LogP contribution in [0.4, 0.5) is 0 Å². The van der Waals surface area contributed by atoms with Crippen LogP contribution < -0.4 is 5.32 Å². The van der Waals surface area contributed by atoms with Gasteiger partial charge in [0.2, 0.25) is 0 Å². The Morgan fingerprint density at radius 2 is 1.95 bits per heavy atom. The molecule has 1 N–H and O–H groups in total. The fourth-order valence-corrected chi connectivity index (χ4v) is 2.51. The fraction of sp³-hybridized carbons (Fsp3) is 0.235. The lowest BCUT2D eigenvalue weighted by Gasteiger charge is -2.15. The first-order chi connectivity index (χ1) is 9.74. The highest BCUT2D eigenvalue weighted by Crippen LogP contribution is 2.17. The molecule has 2 aromatic heterocycles. The van der Waals surface area contributed by atoms with Crippen LogP contribution in [0.25, 0.3) is 5.65 Å². The van der Waals surface area contributed by atoms with E-state index in [0.717, 1.165) is 17.9 Å². The number of rotatable bonds is 4. The standard InChI is InChI=1S/C17H19N3/c1-13-7-3-4-8-16(13)14(2)18-11-15-12-20-10-6-5-9-17(20)19-15/h3-10,12,14,18H,11H2,1-2H3/t14-/m1/s1. The Balaban J connectivity index is 1.71. The van der Waals surface area contributed by atoms with Gasteiger partial charge >= 0.3 is 0 Å². The zero-order valence-electron chi connectivity index (χ0n) is 11.9. The van der Waals surface area contributed by atoms with Gasteiger partial charge in [-0.05, 0) is 37.1 Å². The van der Waals surface area contributed by atoms with E-state index in [1.54, 1.807) is 0 Å². The van der Waals surface area contributed by atoms with Gasteiger partial charge in [0.25, 0.3) is 0 Å². The number of fused-ring (bicyclic) bond motifs is 1. The third-order valence-electron chi connectivity index (χ3n) is 3.66. The molecule has 1 atom stereocenters. The maximum atomic E-state index is 4.60. The van der Waals surface area contributed by atoms with Gasteiger partial charge in [-0.25, -0.2) is 4.98 Å². The maximum absolute atomic E-state index is 4.60. The molecule has 0 aliphatic rings. The summed E-state index contributed by atoms with van der Waals surface area (Å²) in [5, 5.41) is 3.54. The van der Waals surface area contributed by atoms with Gasteiger partial charge in [0, 0.05) is 25.0 Å². The molecule has 0 saturated heterocycles. The summed E-state index contributed by atoms with van der Waals surface area (Å²) in [5.74, 6) is 0. The number of hydrogen-bond donors (Lipinski definition) is 1. The van der Waals surface area contributed by atoms with Gasteiger partial charge in [0.05, 0.1) is 5.69 Å². The summed E-state index contributed by atoms with van der Waals surface area (Å²) in [5.41, 5.74) is 4.73. The molecule has 3 nitrogen and oxygen atoms in total. The van der Waals surface area contributed by atoms with E-state index in [-0.39, 0.29) is 0 Å². The van der Waals surface area contributed by atoms with Crippen LogP contribution in [-0.4, -0.2) is 9.38 Å². The first-order valence-electron chi connectivity index (χ1n) is 6.95. The van der Waals surface area contributed by atoms with Crippen LogP contribution in [0.2, 0.25) is 0 Å². The Labute approximate surface area is 119 Å². The van der Waals surface area contributed by atoms with Gasteiger partial charge in [-0.2, -0.15) is 0 Å². The summed E-state index contributed by atoms with van der Waals surface area (Å²) in [6.07, 6.45) is 4.10. The molecular weight excluding hydrogens is 246 g/mol. The summed E-state index contributed by atoms with van der Waals surface area (Å²) >= 11 is 0. The molecule has 3 heteroatoms. The second-order valence-corrected chi connectivity index (χ2v) is 5.16. The minimum absolute atomic E-state index is 0.320. The van der Waals surface area contributed by atoms with Crippen LogP contribution in [-0.2, 0) is 6.54 Å². The molecule has 102 valence electrons. The van der Waals surface area contributed by atoms with Gasteiger partial charge in [0.15, 0.2) is 0 Å². The van der Waals surface area contributed by atoms with E-state index in [1.807, 2.05) is 24.4 Å². The number of nitrogens with zero attached hydrogens (tertiary/aromatic N) is 2. The molecule has 2 heterocycles. The first kappa shape index (κ1) is 12.9. The van der Waals surface area contributed by atoms with Crippen molar-refractivity contribution in [3.63, 3.8) is 0 Å². The van der Waals surface area contributed by atoms with Crippen LogP contribution in [0.5, 0.6) is 0 Å².